The first-order valence-corrected chi connectivity index (χ1v) is 8.95. The zero-order valence-electron chi connectivity index (χ0n) is 13.6. The number of nitrogens with one attached hydrogen (secondary N) is 1. The van der Waals surface area contributed by atoms with Crippen LogP contribution in [0, 0.1) is 0 Å². The van der Waals surface area contributed by atoms with Gasteiger partial charge in [0.15, 0.2) is 0 Å². The maximum atomic E-state index is 6.14. The number of ether oxygens (including phenoxy) is 1. The smallest absolute Gasteiger partial charge is 0.120 e. The van der Waals surface area contributed by atoms with Crippen molar-refractivity contribution in [3.8, 4) is 5.75 Å². The summed E-state index contributed by atoms with van der Waals surface area (Å²) in [6, 6.07) is 20.5. The summed E-state index contributed by atoms with van der Waals surface area (Å²) in [5, 5.41) is 5.87. The molecule has 3 aromatic carbocycles. The molecule has 1 N–H and O–H groups in total. The summed E-state index contributed by atoms with van der Waals surface area (Å²) in [5.74, 6) is 0.739. The van der Waals surface area contributed by atoms with Crippen LogP contribution in [-0.2, 0) is 6.61 Å². The van der Waals surface area contributed by atoms with E-state index in [1.165, 1.54) is 0 Å². The Morgan fingerprint density at radius 1 is 0.846 bits per heavy atom. The van der Waals surface area contributed by atoms with Crippen molar-refractivity contribution >= 4 is 46.7 Å². The van der Waals surface area contributed by atoms with Crippen LogP contribution in [0.2, 0.25) is 15.1 Å². The van der Waals surface area contributed by atoms with Gasteiger partial charge in [0.1, 0.15) is 12.4 Å². The van der Waals surface area contributed by atoms with Crippen LogP contribution in [-0.4, -0.2) is 6.21 Å². The lowest BCUT2D eigenvalue weighted by Crippen LogP contribution is -1.97. The third-order valence-corrected chi connectivity index (χ3v) is 4.64. The van der Waals surface area contributed by atoms with Crippen molar-refractivity contribution in [1.29, 1.82) is 0 Å². The van der Waals surface area contributed by atoms with Gasteiger partial charge < -0.3 is 4.74 Å². The molecule has 0 atom stereocenters. The molecule has 0 aromatic heterocycles. The van der Waals surface area contributed by atoms with Gasteiger partial charge in [0.2, 0.25) is 0 Å². The Morgan fingerprint density at radius 2 is 1.69 bits per heavy atom. The average Bonchev–Trinajstić information content (AvgIpc) is 2.64. The van der Waals surface area contributed by atoms with Crippen LogP contribution in [0.1, 0.15) is 11.1 Å². The van der Waals surface area contributed by atoms with Gasteiger partial charge in [0, 0.05) is 10.6 Å². The second-order valence-electron chi connectivity index (χ2n) is 5.45. The molecule has 0 amide bonds. The summed E-state index contributed by atoms with van der Waals surface area (Å²) >= 11 is 18.0. The molecular formula is C20H15Cl3N2O. The third kappa shape index (κ3) is 5.15. The molecule has 0 aliphatic heterocycles. The lowest BCUT2D eigenvalue weighted by atomic mass is 10.2. The van der Waals surface area contributed by atoms with E-state index in [9.17, 15) is 0 Å². The summed E-state index contributed by atoms with van der Waals surface area (Å²) in [6.45, 7) is 0.405. The molecule has 0 aliphatic carbocycles. The molecular weight excluding hydrogens is 391 g/mol. The predicted molar refractivity (Wildman–Crippen MR) is 110 cm³/mol. The minimum atomic E-state index is 0.405. The maximum Gasteiger partial charge on any atom is 0.120 e. The van der Waals surface area contributed by atoms with Gasteiger partial charge in [-0.15, -0.1) is 0 Å². The molecule has 0 aliphatic rings. The molecule has 26 heavy (non-hydrogen) atoms. The van der Waals surface area contributed by atoms with Crippen molar-refractivity contribution in [3.05, 3.63) is 92.9 Å². The van der Waals surface area contributed by atoms with Gasteiger partial charge >= 0.3 is 0 Å². The first-order chi connectivity index (χ1) is 12.6. The fourth-order valence-electron chi connectivity index (χ4n) is 2.21. The zero-order chi connectivity index (χ0) is 18.4. The summed E-state index contributed by atoms with van der Waals surface area (Å²) in [4.78, 5) is 0. The van der Waals surface area contributed by atoms with E-state index in [-0.39, 0.29) is 0 Å². The maximum absolute atomic E-state index is 6.14. The van der Waals surface area contributed by atoms with Crippen LogP contribution in [0.4, 0.5) is 5.69 Å². The standard InChI is InChI=1S/C20H15Cl3N2O/c21-18-7-2-1-5-15(18)13-26-17-6-3-4-14(10-17)12-24-25-16-8-9-19(22)20(23)11-16/h1-12,25H,13H2. The van der Waals surface area contributed by atoms with Crippen molar-refractivity contribution in [2.24, 2.45) is 5.10 Å². The van der Waals surface area contributed by atoms with E-state index in [1.54, 1.807) is 24.4 Å². The fraction of sp³-hybridized carbons (Fsp3) is 0.0500. The highest BCUT2D eigenvalue weighted by Crippen LogP contribution is 2.25. The number of nitrogens with zero attached hydrogens (tertiary/aromatic N) is 1. The van der Waals surface area contributed by atoms with E-state index < -0.39 is 0 Å². The largest absolute Gasteiger partial charge is 0.489 e. The molecule has 0 heterocycles. The summed E-state index contributed by atoms with van der Waals surface area (Å²) in [7, 11) is 0. The van der Waals surface area contributed by atoms with E-state index in [1.807, 2.05) is 48.5 Å². The summed E-state index contributed by atoms with van der Waals surface area (Å²) in [5.41, 5.74) is 5.50. The number of halogens is 3. The molecule has 0 radical (unpaired) electrons. The Morgan fingerprint density at radius 3 is 2.50 bits per heavy atom. The second kappa shape index (κ2) is 8.95. The highest BCUT2D eigenvalue weighted by Gasteiger charge is 2.01. The van der Waals surface area contributed by atoms with Crippen LogP contribution < -0.4 is 10.2 Å². The van der Waals surface area contributed by atoms with Gasteiger partial charge in [-0.2, -0.15) is 5.10 Å². The molecule has 3 rings (SSSR count). The van der Waals surface area contributed by atoms with Crippen LogP contribution >= 0.6 is 34.8 Å². The van der Waals surface area contributed by atoms with E-state index in [0.717, 1.165) is 22.6 Å². The summed E-state index contributed by atoms with van der Waals surface area (Å²) < 4.78 is 5.81. The van der Waals surface area contributed by atoms with Gasteiger partial charge in [0.05, 0.1) is 21.9 Å². The molecule has 3 nitrogen and oxygen atoms in total. The highest BCUT2D eigenvalue weighted by atomic mass is 35.5. The monoisotopic (exact) mass is 404 g/mol. The second-order valence-corrected chi connectivity index (χ2v) is 6.67. The lowest BCUT2D eigenvalue weighted by molar-refractivity contribution is 0.306. The minimum absolute atomic E-state index is 0.405. The van der Waals surface area contributed by atoms with Crippen LogP contribution in [0.25, 0.3) is 0 Å². The number of benzene rings is 3. The molecule has 132 valence electrons. The van der Waals surface area contributed by atoms with Crippen molar-refractivity contribution < 1.29 is 4.74 Å². The number of hydrogen-bond donors (Lipinski definition) is 1. The molecule has 0 bridgehead atoms. The predicted octanol–water partition coefficient (Wildman–Crippen LogP) is 6.67. The summed E-state index contributed by atoms with van der Waals surface area (Å²) in [6.07, 6.45) is 1.70. The van der Waals surface area contributed by atoms with E-state index >= 15 is 0 Å². The molecule has 0 saturated carbocycles. The number of hydrogen-bond acceptors (Lipinski definition) is 3. The van der Waals surface area contributed by atoms with Crippen LogP contribution in [0.15, 0.2) is 71.8 Å². The Labute approximate surface area is 167 Å². The number of rotatable bonds is 6. The van der Waals surface area contributed by atoms with Crippen LogP contribution in [0.5, 0.6) is 5.75 Å². The van der Waals surface area contributed by atoms with Gasteiger partial charge in [-0.3, -0.25) is 5.43 Å². The van der Waals surface area contributed by atoms with Gasteiger partial charge in [0.25, 0.3) is 0 Å². The van der Waals surface area contributed by atoms with Gasteiger partial charge in [-0.25, -0.2) is 0 Å². The number of anilines is 1. The fourth-order valence-corrected chi connectivity index (χ4v) is 2.70. The minimum Gasteiger partial charge on any atom is -0.489 e. The Kier molecular flexibility index (Phi) is 6.40. The van der Waals surface area contributed by atoms with Gasteiger partial charge in [-0.05, 0) is 42.0 Å². The number of hydrazone groups is 1. The third-order valence-electron chi connectivity index (χ3n) is 3.54. The Hall–Kier alpha value is -2.20. The average molecular weight is 406 g/mol. The van der Waals surface area contributed by atoms with Crippen molar-refractivity contribution in [2.75, 3.05) is 5.43 Å². The van der Waals surface area contributed by atoms with E-state index in [4.69, 9.17) is 39.5 Å². The van der Waals surface area contributed by atoms with Crippen LogP contribution in [0.3, 0.4) is 0 Å². The molecule has 0 unspecified atom stereocenters. The molecule has 0 saturated heterocycles. The normalized spacial score (nSPS) is 10.9. The molecule has 3 aromatic rings. The SMILES string of the molecule is Clc1ccc(NN=Cc2cccc(OCc3ccccc3Cl)c2)cc1Cl. The molecule has 6 heteroatoms. The lowest BCUT2D eigenvalue weighted by Gasteiger charge is -2.08. The van der Waals surface area contributed by atoms with Gasteiger partial charge in [-0.1, -0.05) is 65.1 Å². The Bertz CT molecular complexity index is 928. The highest BCUT2D eigenvalue weighted by molar-refractivity contribution is 6.42. The first-order valence-electron chi connectivity index (χ1n) is 7.82. The van der Waals surface area contributed by atoms with E-state index in [2.05, 4.69) is 10.5 Å². The van der Waals surface area contributed by atoms with Crippen molar-refractivity contribution in [1.82, 2.24) is 0 Å². The topological polar surface area (TPSA) is 33.6 Å². The molecule has 0 fully saturated rings. The van der Waals surface area contributed by atoms with Crippen molar-refractivity contribution in [2.45, 2.75) is 6.61 Å². The van der Waals surface area contributed by atoms with Crippen molar-refractivity contribution in [3.63, 3.8) is 0 Å². The Balaban J connectivity index is 1.61. The molecule has 0 spiro atoms. The van der Waals surface area contributed by atoms with E-state index in [0.29, 0.717) is 21.7 Å². The zero-order valence-corrected chi connectivity index (χ0v) is 15.9. The quantitative estimate of drug-likeness (QED) is 0.367. The first kappa shape index (κ1) is 18.6.